The summed E-state index contributed by atoms with van der Waals surface area (Å²) in [7, 11) is 3.46. The standard InChI is InChI=1S/C22H31N3O2.HI/c1-17-9-10-20(21(15-17)27-14-13-26-4)16-25-22(23-3)24-12-11-19-8-6-5-7-18(19)2;/h5-10,15H,11-14,16H2,1-4H3,(H2,23,24,25);1H. The van der Waals surface area contributed by atoms with Crippen molar-refractivity contribution in [1.82, 2.24) is 10.6 Å². The first-order chi connectivity index (χ1) is 13.1. The zero-order valence-corrected chi connectivity index (χ0v) is 19.6. The zero-order chi connectivity index (χ0) is 19.5. The molecule has 0 atom stereocenters. The Morgan fingerprint density at radius 2 is 1.79 bits per heavy atom. The maximum Gasteiger partial charge on any atom is 0.191 e. The van der Waals surface area contributed by atoms with Crippen molar-refractivity contribution in [2.75, 3.05) is 33.9 Å². The lowest BCUT2D eigenvalue weighted by Gasteiger charge is -2.15. The number of nitrogens with zero attached hydrogens (tertiary/aromatic N) is 1. The first kappa shape index (κ1) is 24.2. The third kappa shape index (κ3) is 8.06. The van der Waals surface area contributed by atoms with E-state index in [1.165, 1.54) is 16.7 Å². The molecule has 0 saturated heterocycles. The number of benzene rings is 2. The van der Waals surface area contributed by atoms with Gasteiger partial charge in [0, 0.05) is 32.8 Å². The molecule has 0 spiro atoms. The van der Waals surface area contributed by atoms with Crippen LogP contribution in [0.15, 0.2) is 47.5 Å². The summed E-state index contributed by atoms with van der Waals surface area (Å²) in [5, 5.41) is 6.74. The largest absolute Gasteiger partial charge is 0.491 e. The number of guanidine groups is 1. The number of methoxy groups -OCH3 is 1. The van der Waals surface area contributed by atoms with Crippen LogP contribution in [-0.4, -0.2) is 39.9 Å². The Balaban J connectivity index is 0.00000392. The van der Waals surface area contributed by atoms with Gasteiger partial charge in [-0.15, -0.1) is 24.0 Å². The molecule has 2 N–H and O–H groups in total. The van der Waals surface area contributed by atoms with E-state index in [0.29, 0.717) is 19.8 Å². The molecular formula is C22H32IN3O2. The third-order valence-electron chi connectivity index (χ3n) is 4.39. The van der Waals surface area contributed by atoms with Gasteiger partial charge in [0.25, 0.3) is 0 Å². The molecule has 0 amide bonds. The summed E-state index contributed by atoms with van der Waals surface area (Å²) in [4.78, 5) is 4.31. The second-order valence-electron chi connectivity index (χ2n) is 6.48. The fraction of sp³-hybridized carbons (Fsp3) is 0.409. The van der Waals surface area contributed by atoms with Crippen molar-refractivity contribution in [2.24, 2.45) is 4.99 Å². The Morgan fingerprint density at radius 3 is 2.50 bits per heavy atom. The van der Waals surface area contributed by atoms with Gasteiger partial charge >= 0.3 is 0 Å². The number of rotatable bonds is 9. The topological polar surface area (TPSA) is 54.9 Å². The third-order valence-corrected chi connectivity index (χ3v) is 4.39. The normalized spacial score (nSPS) is 10.9. The van der Waals surface area contributed by atoms with E-state index in [-0.39, 0.29) is 24.0 Å². The predicted molar refractivity (Wildman–Crippen MR) is 127 cm³/mol. The summed E-state index contributed by atoms with van der Waals surface area (Å²) < 4.78 is 10.9. The minimum Gasteiger partial charge on any atom is -0.491 e. The molecule has 2 aromatic rings. The number of halogens is 1. The highest BCUT2D eigenvalue weighted by atomic mass is 127. The molecule has 2 aromatic carbocycles. The van der Waals surface area contributed by atoms with Gasteiger partial charge < -0.3 is 20.1 Å². The Hall–Kier alpha value is -1.80. The van der Waals surface area contributed by atoms with Crippen LogP contribution in [0.5, 0.6) is 5.75 Å². The molecule has 0 radical (unpaired) electrons. The first-order valence-electron chi connectivity index (χ1n) is 9.34. The van der Waals surface area contributed by atoms with Crippen molar-refractivity contribution in [3.8, 4) is 5.75 Å². The van der Waals surface area contributed by atoms with E-state index in [9.17, 15) is 0 Å². The molecule has 0 unspecified atom stereocenters. The summed E-state index contributed by atoms with van der Waals surface area (Å²) in [5.41, 5.74) is 4.94. The van der Waals surface area contributed by atoms with E-state index in [1.807, 2.05) is 0 Å². The van der Waals surface area contributed by atoms with Gasteiger partial charge in [0.05, 0.1) is 6.61 Å². The van der Waals surface area contributed by atoms with Crippen molar-refractivity contribution in [3.63, 3.8) is 0 Å². The molecule has 5 nitrogen and oxygen atoms in total. The summed E-state index contributed by atoms with van der Waals surface area (Å²) in [6.07, 6.45) is 0.962. The van der Waals surface area contributed by atoms with Gasteiger partial charge in [0.15, 0.2) is 5.96 Å². The average Bonchev–Trinajstić information content (AvgIpc) is 2.67. The molecular weight excluding hydrogens is 465 g/mol. The number of ether oxygens (including phenoxy) is 2. The molecule has 0 aliphatic rings. The molecule has 28 heavy (non-hydrogen) atoms. The molecule has 6 heteroatoms. The smallest absolute Gasteiger partial charge is 0.191 e. The van der Waals surface area contributed by atoms with Gasteiger partial charge in [0.2, 0.25) is 0 Å². The molecule has 0 aliphatic carbocycles. The number of hydrogen-bond acceptors (Lipinski definition) is 3. The van der Waals surface area contributed by atoms with Crippen molar-refractivity contribution in [2.45, 2.75) is 26.8 Å². The molecule has 0 fully saturated rings. The van der Waals surface area contributed by atoms with E-state index >= 15 is 0 Å². The van der Waals surface area contributed by atoms with Crippen LogP contribution in [-0.2, 0) is 17.7 Å². The lowest BCUT2D eigenvalue weighted by atomic mass is 10.1. The van der Waals surface area contributed by atoms with E-state index in [4.69, 9.17) is 9.47 Å². The number of aryl methyl sites for hydroxylation is 2. The number of aliphatic imine (C=N–C) groups is 1. The molecule has 0 aromatic heterocycles. The minimum absolute atomic E-state index is 0. The first-order valence-corrected chi connectivity index (χ1v) is 9.34. The Morgan fingerprint density at radius 1 is 1.00 bits per heavy atom. The van der Waals surface area contributed by atoms with Crippen LogP contribution in [0, 0.1) is 13.8 Å². The summed E-state index contributed by atoms with van der Waals surface area (Å²) in [6.45, 7) is 6.79. The van der Waals surface area contributed by atoms with Crippen molar-refractivity contribution < 1.29 is 9.47 Å². The van der Waals surface area contributed by atoms with Crippen molar-refractivity contribution in [3.05, 3.63) is 64.7 Å². The van der Waals surface area contributed by atoms with Crippen LogP contribution < -0.4 is 15.4 Å². The highest BCUT2D eigenvalue weighted by Gasteiger charge is 2.06. The van der Waals surface area contributed by atoms with Crippen LogP contribution in [0.1, 0.15) is 22.3 Å². The van der Waals surface area contributed by atoms with Crippen molar-refractivity contribution >= 4 is 29.9 Å². The summed E-state index contributed by atoms with van der Waals surface area (Å²) >= 11 is 0. The fourth-order valence-corrected chi connectivity index (χ4v) is 2.78. The summed E-state index contributed by atoms with van der Waals surface area (Å²) in [5.74, 6) is 1.67. The highest BCUT2D eigenvalue weighted by Crippen LogP contribution is 2.20. The van der Waals surface area contributed by atoms with Crippen LogP contribution in [0.2, 0.25) is 0 Å². The van der Waals surface area contributed by atoms with Gasteiger partial charge in [-0.05, 0) is 43.0 Å². The lowest BCUT2D eigenvalue weighted by molar-refractivity contribution is 0.145. The van der Waals surface area contributed by atoms with Crippen LogP contribution in [0.25, 0.3) is 0 Å². The Labute approximate surface area is 186 Å². The summed E-state index contributed by atoms with van der Waals surface area (Å²) in [6, 6.07) is 14.7. The van der Waals surface area contributed by atoms with Gasteiger partial charge in [-0.25, -0.2) is 0 Å². The second-order valence-corrected chi connectivity index (χ2v) is 6.48. The molecule has 0 saturated carbocycles. The maximum atomic E-state index is 5.85. The monoisotopic (exact) mass is 497 g/mol. The Kier molecular flexibility index (Phi) is 11.6. The molecule has 2 rings (SSSR count). The van der Waals surface area contributed by atoms with Gasteiger partial charge in [0.1, 0.15) is 12.4 Å². The number of nitrogens with one attached hydrogen (secondary N) is 2. The van der Waals surface area contributed by atoms with E-state index < -0.39 is 0 Å². The fourth-order valence-electron chi connectivity index (χ4n) is 2.78. The molecule has 0 bridgehead atoms. The maximum absolute atomic E-state index is 5.85. The number of hydrogen-bond donors (Lipinski definition) is 2. The van der Waals surface area contributed by atoms with Crippen LogP contribution in [0.3, 0.4) is 0 Å². The second kappa shape index (κ2) is 13.4. The highest BCUT2D eigenvalue weighted by molar-refractivity contribution is 14.0. The van der Waals surface area contributed by atoms with Crippen molar-refractivity contribution in [1.29, 1.82) is 0 Å². The molecule has 0 aliphatic heterocycles. The SMILES string of the molecule is CN=C(NCCc1ccccc1C)NCc1ccc(C)cc1OCCOC.I. The molecule has 0 heterocycles. The van der Waals surface area contributed by atoms with Gasteiger partial charge in [-0.3, -0.25) is 4.99 Å². The van der Waals surface area contributed by atoms with E-state index in [2.05, 4.69) is 71.9 Å². The predicted octanol–water partition coefficient (Wildman–Crippen LogP) is 3.85. The minimum atomic E-state index is 0. The van der Waals surface area contributed by atoms with Gasteiger partial charge in [-0.1, -0.05) is 36.4 Å². The molecule has 154 valence electrons. The average molecular weight is 497 g/mol. The van der Waals surface area contributed by atoms with E-state index in [0.717, 1.165) is 30.2 Å². The van der Waals surface area contributed by atoms with Crippen LogP contribution >= 0.6 is 24.0 Å². The Bertz CT molecular complexity index is 750. The zero-order valence-electron chi connectivity index (χ0n) is 17.2. The van der Waals surface area contributed by atoms with Gasteiger partial charge in [-0.2, -0.15) is 0 Å². The lowest BCUT2D eigenvalue weighted by Crippen LogP contribution is -2.38. The van der Waals surface area contributed by atoms with E-state index in [1.54, 1.807) is 14.2 Å². The quantitative estimate of drug-likeness (QED) is 0.239. The van der Waals surface area contributed by atoms with Crippen LogP contribution in [0.4, 0.5) is 0 Å².